The lowest BCUT2D eigenvalue weighted by atomic mass is 9.94. The number of hydrogen-bond donors (Lipinski definition) is 2. The lowest BCUT2D eigenvalue weighted by Gasteiger charge is -2.38. The first-order chi connectivity index (χ1) is 8.57. The van der Waals surface area contributed by atoms with E-state index in [9.17, 15) is 5.11 Å². The fourth-order valence-electron chi connectivity index (χ4n) is 2.55. The predicted octanol–water partition coefficient (Wildman–Crippen LogP) is 1.16. The van der Waals surface area contributed by atoms with Gasteiger partial charge in [-0.1, -0.05) is 0 Å². The number of benzene rings is 1. The van der Waals surface area contributed by atoms with Crippen molar-refractivity contribution in [2.75, 3.05) is 23.7 Å². The highest BCUT2D eigenvalue weighted by Crippen LogP contribution is 2.32. The van der Waals surface area contributed by atoms with Crippen LogP contribution in [-0.4, -0.2) is 34.1 Å². The molecule has 1 aromatic heterocycles. The summed E-state index contributed by atoms with van der Waals surface area (Å²) in [7, 11) is 0. The van der Waals surface area contributed by atoms with Gasteiger partial charge in [0.05, 0.1) is 17.0 Å². The third kappa shape index (κ3) is 1.78. The first-order valence-corrected chi connectivity index (χ1v) is 6.05. The Kier molecular flexibility index (Phi) is 2.41. The van der Waals surface area contributed by atoms with Crippen molar-refractivity contribution in [3.05, 3.63) is 12.1 Å². The molecular formula is C12H16N4O2. The van der Waals surface area contributed by atoms with Gasteiger partial charge >= 0.3 is 0 Å². The molecule has 1 atom stereocenters. The average Bonchev–Trinajstić information content (AvgIpc) is 2.78. The van der Waals surface area contributed by atoms with E-state index >= 15 is 0 Å². The van der Waals surface area contributed by atoms with Crippen molar-refractivity contribution in [1.29, 1.82) is 0 Å². The second-order valence-electron chi connectivity index (χ2n) is 5.16. The van der Waals surface area contributed by atoms with Gasteiger partial charge in [-0.05, 0) is 42.2 Å². The van der Waals surface area contributed by atoms with Crippen molar-refractivity contribution in [3.8, 4) is 0 Å². The van der Waals surface area contributed by atoms with E-state index in [0.29, 0.717) is 23.3 Å². The normalized spacial score (nSPS) is 24.7. The summed E-state index contributed by atoms with van der Waals surface area (Å²) in [5.74, 6) is 0. The Hall–Kier alpha value is -1.82. The molecule has 2 aromatic rings. The van der Waals surface area contributed by atoms with E-state index in [2.05, 4.69) is 15.2 Å². The summed E-state index contributed by atoms with van der Waals surface area (Å²) in [5, 5.41) is 17.9. The molecule has 6 heteroatoms. The second kappa shape index (κ2) is 3.84. The molecule has 1 saturated heterocycles. The summed E-state index contributed by atoms with van der Waals surface area (Å²) in [6.45, 7) is 3.33. The minimum atomic E-state index is -0.664. The van der Waals surface area contributed by atoms with Crippen molar-refractivity contribution < 1.29 is 9.74 Å². The molecule has 6 nitrogen and oxygen atoms in total. The second-order valence-corrected chi connectivity index (χ2v) is 5.16. The van der Waals surface area contributed by atoms with Crippen LogP contribution in [0.3, 0.4) is 0 Å². The van der Waals surface area contributed by atoms with E-state index in [-0.39, 0.29) is 0 Å². The molecule has 3 rings (SSSR count). The first-order valence-electron chi connectivity index (χ1n) is 6.05. The maximum atomic E-state index is 10.2. The number of β-amino-alcohol motifs (C(OH)–C–C–N with tert-alkyl or cyclic N) is 1. The molecule has 0 saturated carbocycles. The van der Waals surface area contributed by atoms with Gasteiger partial charge in [-0.25, -0.2) is 4.63 Å². The Morgan fingerprint density at radius 3 is 2.94 bits per heavy atom. The fraction of sp³-hybridized carbons (Fsp3) is 0.500. The van der Waals surface area contributed by atoms with Gasteiger partial charge < -0.3 is 15.7 Å². The van der Waals surface area contributed by atoms with Crippen LogP contribution in [0.15, 0.2) is 16.8 Å². The van der Waals surface area contributed by atoms with E-state index in [0.717, 1.165) is 25.1 Å². The zero-order chi connectivity index (χ0) is 12.8. The maximum absolute atomic E-state index is 10.2. The molecule has 1 aliphatic rings. The zero-order valence-corrected chi connectivity index (χ0v) is 10.3. The minimum Gasteiger partial charge on any atom is -0.397 e. The summed E-state index contributed by atoms with van der Waals surface area (Å²) in [5.41, 5.74) is 7.87. The van der Waals surface area contributed by atoms with Gasteiger partial charge in [0, 0.05) is 13.1 Å². The zero-order valence-electron chi connectivity index (χ0n) is 10.3. The first kappa shape index (κ1) is 11.3. The number of aromatic nitrogens is 2. The van der Waals surface area contributed by atoms with E-state index < -0.39 is 5.60 Å². The van der Waals surface area contributed by atoms with Gasteiger partial charge in [0.25, 0.3) is 0 Å². The van der Waals surface area contributed by atoms with Gasteiger partial charge in [-0.2, -0.15) is 0 Å². The summed E-state index contributed by atoms with van der Waals surface area (Å²) in [6, 6.07) is 3.70. The molecule has 0 amide bonds. The third-order valence-corrected chi connectivity index (χ3v) is 3.44. The van der Waals surface area contributed by atoms with Crippen molar-refractivity contribution in [2.45, 2.75) is 25.4 Å². The minimum absolute atomic E-state index is 0.554. The van der Waals surface area contributed by atoms with Crippen LogP contribution in [0.4, 0.5) is 11.4 Å². The standard InChI is InChI=1S/C12H16N4O2/c1-12(17)5-2-6-16(7-12)9-4-3-8(13)10-11(9)15-18-14-10/h3-4,17H,2,5-7,13H2,1H3. The Balaban J connectivity index is 2.04. The van der Waals surface area contributed by atoms with Crippen LogP contribution < -0.4 is 10.6 Å². The fourth-order valence-corrected chi connectivity index (χ4v) is 2.55. The third-order valence-electron chi connectivity index (χ3n) is 3.44. The number of rotatable bonds is 1. The van der Waals surface area contributed by atoms with Crippen molar-refractivity contribution in [1.82, 2.24) is 10.3 Å². The largest absolute Gasteiger partial charge is 0.397 e. The monoisotopic (exact) mass is 248 g/mol. The summed E-state index contributed by atoms with van der Waals surface area (Å²) in [6.07, 6.45) is 1.77. The number of hydrogen-bond acceptors (Lipinski definition) is 6. The van der Waals surface area contributed by atoms with Crippen LogP contribution in [0, 0.1) is 0 Å². The molecule has 3 N–H and O–H groups in total. The summed E-state index contributed by atoms with van der Waals surface area (Å²) >= 11 is 0. The van der Waals surface area contributed by atoms with Crippen molar-refractivity contribution in [2.24, 2.45) is 0 Å². The highest BCUT2D eigenvalue weighted by Gasteiger charge is 2.29. The molecule has 96 valence electrons. The van der Waals surface area contributed by atoms with Crippen LogP contribution in [-0.2, 0) is 0 Å². The van der Waals surface area contributed by atoms with Gasteiger partial charge in [-0.3, -0.25) is 0 Å². The van der Waals surface area contributed by atoms with E-state index in [4.69, 9.17) is 10.4 Å². The Labute approximate surface area is 104 Å². The number of fused-ring (bicyclic) bond motifs is 1. The lowest BCUT2D eigenvalue weighted by molar-refractivity contribution is 0.0450. The summed E-state index contributed by atoms with van der Waals surface area (Å²) < 4.78 is 4.76. The molecule has 1 aromatic carbocycles. The number of nitrogens with zero attached hydrogens (tertiary/aromatic N) is 3. The SMILES string of the molecule is CC1(O)CCCN(c2ccc(N)c3nonc23)C1. The average molecular weight is 248 g/mol. The number of anilines is 2. The van der Waals surface area contributed by atoms with Crippen LogP contribution >= 0.6 is 0 Å². The van der Waals surface area contributed by atoms with E-state index in [1.807, 2.05) is 13.0 Å². The molecule has 0 aliphatic carbocycles. The number of nitrogens with two attached hydrogens (primary N) is 1. The molecule has 0 radical (unpaired) electrons. The van der Waals surface area contributed by atoms with Gasteiger partial charge in [-0.15, -0.1) is 0 Å². The predicted molar refractivity (Wildman–Crippen MR) is 68.3 cm³/mol. The highest BCUT2D eigenvalue weighted by atomic mass is 16.6. The molecule has 1 aliphatic heterocycles. The molecule has 1 fully saturated rings. The highest BCUT2D eigenvalue weighted by molar-refractivity contribution is 5.95. The Morgan fingerprint density at radius 1 is 1.39 bits per heavy atom. The quantitative estimate of drug-likeness (QED) is 0.736. The number of piperidine rings is 1. The van der Waals surface area contributed by atoms with Crippen LogP contribution in [0.25, 0.3) is 11.0 Å². The number of aliphatic hydroxyl groups is 1. The van der Waals surface area contributed by atoms with Crippen LogP contribution in [0.2, 0.25) is 0 Å². The van der Waals surface area contributed by atoms with Gasteiger partial charge in [0.2, 0.25) is 0 Å². The van der Waals surface area contributed by atoms with Crippen molar-refractivity contribution in [3.63, 3.8) is 0 Å². The Morgan fingerprint density at radius 2 is 2.17 bits per heavy atom. The topological polar surface area (TPSA) is 88.4 Å². The van der Waals surface area contributed by atoms with Gasteiger partial charge in [0.15, 0.2) is 11.0 Å². The van der Waals surface area contributed by atoms with Crippen molar-refractivity contribution >= 4 is 22.4 Å². The van der Waals surface area contributed by atoms with Gasteiger partial charge in [0.1, 0.15) is 0 Å². The number of nitrogen functional groups attached to an aromatic ring is 1. The lowest BCUT2D eigenvalue weighted by Crippen LogP contribution is -2.46. The summed E-state index contributed by atoms with van der Waals surface area (Å²) in [4.78, 5) is 2.11. The molecule has 0 bridgehead atoms. The molecular weight excluding hydrogens is 232 g/mol. The van der Waals surface area contributed by atoms with E-state index in [1.54, 1.807) is 6.07 Å². The van der Waals surface area contributed by atoms with E-state index in [1.165, 1.54) is 0 Å². The molecule has 0 spiro atoms. The van der Waals surface area contributed by atoms with Crippen LogP contribution in [0.1, 0.15) is 19.8 Å². The molecule has 18 heavy (non-hydrogen) atoms. The maximum Gasteiger partial charge on any atom is 0.160 e. The molecule has 1 unspecified atom stereocenters. The van der Waals surface area contributed by atoms with Crippen LogP contribution in [0.5, 0.6) is 0 Å². The Bertz CT molecular complexity index is 578. The smallest absolute Gasteiger partial charge is 0.160 e. The molecule has 2 heterocycles.